The maximum absolute atomic E-state index is 12.1. The van der Waals surface area contributed by atoms with Crippen molar-refractivity contribution in [3.05, 3.63) is 35.4 Å². The Labute approximate surface area is 83.8 Å². The fourth-order valence-electron chi connectivity index (χ4n) is 0.917. The third-order valence-corrected chi connectivity index (χ3v) is 1.46. The van der Waals surface area contributed by atoms with Gasteiger partial charge in [0, 0.05) is 0 Å². The normalized spacial score (nSPS) is 10.5. The molecule has 14 heavy (non-hydrogen) atoms. The number of carbonyl (C=O) groups is 1. The highest BCUT2D eigenvalue weighted by Crippen LogP contribution is 2.31. The van der Waals surface area contributed by atoms with Gasteiger partial charge >= 0.3 is 12.1 Å². The van der Waals surface area contributed by atoms with Crippen LogP contribution in [0.2, 0.25) is 0 Å². The van der Waals surface area contributed by atoms with Crippen molar-refractivity contribution in [1.82, 2.24) is 0 Å². The van der Waals surface area contributed by atoms with Gasteiger partial charge in [0.05, 0.1) is 11.1 Å². The summed E-state index contributed by atoms with van der Waals surface area (Å²) in [5.41, 5.74) is -1.85. The SMILES string of the molecule is Cl.O=C(O)c1ccccc1C(F)(F)F. The van der Waals surface area contributed by atoms with Crippen LogP contribution >= 0.6 is 12.4 Å². The van der Waals surface area contributed by atoms with Gasteiger partial charge in [0.2, 0.25) is 0 Å². The van der Waals surface area contributed by atoms with Crippen molar-refractivity contribution < 1.29 is 23.1 Å². The third-order valence-electron chi connectivity index (χ3n) is 1.46. The Kier molecular flexibility index (Phi) is 3.94. The molecule has 0 bridgehead atoms. The van der Waals surface area contributed by atoms with Gasteiger partial charge in [-0.1, -0.05) is 12.1 Å². The topological polar surface area (TPSA) is 37.3 Å². The zero-order chi connectivity index (χ0) is 10.1. The van der Waals surface area contributed by atoms with Gasteiger partial charge in [0.15, 0.2) is 0 Å². The zero-order valence-electron chi connectivity index (χ0n) is 6.71. The number of rotatable bonds is 1. The van der Waals surface area contributed by atoms with E-state index in [9.17, 15) is 18.0 Å². The Morgan fingerprint density at radius 2 is 1.71 bits per heavy atom. The van der Waals surface area contributed by atoms with Crippen molar-refractivity contribution in [2.24, 2.45) is 0 Å². The largest absolute Gasteiger partial charge is 0.478 e. The second-order valence-electron chi connectivity index (χ2n) is 2.35. The van der Waals surface area contributed by atoms with Crippen LogP contribution in [-0.4, -0.2) is 11.1 Å². The van der Waals surface area contributed by atoms with Crippen molar-refractivity contribution in [1.29, 1.82) is 0 Å². The first-order valence-electron chi connectivity index (χ1n) is 3.32. The predicted molar refractivity (Wildman–Crippen MR) is 45.7 cm³/mol. The minimum atomic E-state index is -4.62. The van der Waals surface area contributed by atoms with E-state index in [4.69, 9.17) is 5.11 Å². The van der Waals surface area contributed by atoms with E-state index in [-0.39, 0.29) is 12.4 Å². The average Bonchev–Trinajstić information content (AvgIpc) is 2.03. The summed E-state index contributed by atoms with van der Waals surface area (Å²) in [6, 6.07) is 4.06. The number of carboxylic acid groups (broad SMARTS) is 1. The Bertz CT molecular complexity index is 336. The molecule has 1 aromatic rings. The quantitative estimate of drug-likeness (QED) is 0.800. The third kappa shape index (κ3) is 2.63. The van der Waals surface area contributed by atoms with Gasteiger partial charge in [-0.2, -0.15) is 13.2 Å². The minimum Gasteiger partial charge on any atom is -0.478 e. The van der Waals surface area contributed by atoms with Crippen LogP contribution in [0.15, 0.2) is 24.3 Å². The summed E-state index contributed by atoms with van der Waals surface area (Å²) in [4.78, 5) is 10.4. The molecule has 78 valence electrons. The molecule has 0 aliphatic rings. The van der Waals surface area contributed by atoms with Gasteiger partial charge in [-0.05, 0) is 12.1 Å². The summed E-state index contributed by atoms with van der Waals surface area (Å²) in [5, 5.41) is 8.43. The van der Waals surface area contributed by atoms with Crippen LogP contribution in [0.3, 0.4) is 0 Å². The van der Waals surface area contributed by atoms with Crippen molar-refractivity contribution in [3.8, 4) is 0 Å². The van der Waals surface area contributed by atoms with Crippen LogP contribution in [0.5, 0.6) is 0 Å². The second-order valence-corrected chi connectivity index (χ2v) is 2.35. The maximum atomic E-state index is 12.1. The Balaban J connectivity index is 0.00000169. The molecule has 0 unspecified atom stereocenters. The van der Waals surface area contributed by atoms with E-state index in [0.29, 0.717) is 0 Å². The molecule has 0 radical (unpaired) electrons. The number of halogens is 4. The van der Waals surface area contributed by atoms with E-state index in [1.165, 1.54) is 6.07 Å². The summed E-state index contributed by atoms with van der Waals surface area (Å²) < 4.78 is 36.4. The number of hydrogen-bond acceptors (Lipinski definition) is 1. The van der Waals surface area contributed by atoms with E-state index in [1.54, 1.807) is 0 Å². The van der Waals surface area contributed by atoms with Gasteiger partial charge in [0.25, 0.3) is 0 Å². The minimum absolute atomic E-state index is 0. The van der Waals surface area contributed by atoms with Gasteiger partial charge in [0.1, 0.15) is 0 Å². The van der Waals surface area contributed by atoms with Gasteiger partial charge in [-0.3, -0.25) is 0 Å². The lowest BCUT2D eigenvalue weighted by molar-refractivity contribution is -0.138. The highest BCUT2D eigenvalue weighted by Gasteiger charge is 2.34. The first kappa shape index (κ1) is 12.8. The number of alkyl halides is 3. The number of benzene rings is 1. The lowest BCUT2D eigenvalue weighted by atomic mass is 10.1. The lowest BCUT2D eigenvalue weighted by Gasteiger charge is -2.08. The summed E-state index contributed by atoms with van der Waals surface area (Å²) in [5.74, 6) is -1.58. The van der Waals surface area contributed by atoms with Crippen molar-refractivity contribution in [3.63, 3.8) is 0 Å². The Hall–Kier alpha value is -1.23. The molecule has 1 aromatic carbocycles. The molecule has 0 heterocycles. The first-order chi connectivity index (χ1) is 5.93. The molecule has 0 saturated heterocycles. The molecule has 0 fully saturated rings. The van der Waals surface area contributed by atoms with Crippen LogP contribution < -0.4 is 0 Å². The van der Waals surface area contributed by atoms with E-state index in [2.05, 4.69) is 0 Å². The van der Waals surface area contributed by atoms with E-state index < -0.39 is 23.3 Å². The molecule has 1 N–H and O–H groups in total. The standard InChI is InChI=1S/C8H5F3O2.ClH/c9-8(10,11)6-4-2-1-3-5(6)7(12)13;/h1-4H,(H,12,13);1H. The second kappa shape index (κ2) is 4.32. The van der Waals surface area contributed by atoms with Crippen LogP contribution in [0, 0.1) is 0 Å². The fourth-order valence-corrected chi connectivity index (χ4v) is 0.917. The van der Waals surface area contributed by atoms with E-state index in [0.717, 1.165) is 18.2 Å². The molecule has 1 rings (SSSR count). The van der Waals surface area contributed by atoms with Crippen LogP contribution in [0.1, 0.15) is 15.9 Å². The zero-order valence-corrected chi connectivity index (χ0v) is 7.52. The molecule has 0 saturated carbocycles. The molecule has 0 aromatic heterocycles. The van der Waals surface area contributed by atoms with Gasteiger partial charge < -0.3 is 5.11 Å². The highest BCUT2D eigenvalue weighted by molar-refractivity contribution is 5.89. The summed E-state index contributed by atoms with van der Waals surface area (Å²) >= 11 is 0. The highest BCUT2D eigenvalue weighted by atomic mass is 35.5. The number of aromatic carboxylic acids is 1. The molecule has 0 atom stereocenters. The van der Waals surface area contributed by atoms with Crippen LogP contribution in [0.4, 0.5) is 13.2 Å². The van der Waals surface area contributed by atoms with Crippen LogP contribution in [-0.2, 0) is 6.18 Å². The summed E-state index contributed by atoms with van der Waals surface area (Å²) in [7, 11) is 0. The molecular weight excluding hydrogens is 221 g/mol. The lowest BCUT2D eigenvalue weighted by Crippen LogP contribution is -2.12. The van der Waals surface area contributed by atoms with Crippen molar-refractivity contribution in [2.75, 3.05) is 0 Å². The van der Waals surface area contributed by atoms with E-state index in [1.807, 2.05) is 0 Å². The monoisotopic (exact) mass is 226 g/mol. The molecule has 0 amide bonds. The first-order valence-corrected chi connectivity index (χ1v) is 3.32. The Morgan fingerprint density at radius 3 is 2.07 bits per heavy atom. The smallest absolute Gasteiger partial charge is 0.417 e. The fraction of sp³-hybridized carbons (Fsp3) is 0.125. The molecule has 6 heteroatoms. The van der Waals surface area contributed by atoms with Crippen molar-refractivity contribution in [2.45, 2.75) is 6.18 Å². The molecule has 0 aliphatic carbocycles. The van der Waals surface area contributed by atoms with E-state index >= 15 is 0 Å². The number of carboxylic acids is 1. The van der Waals surface area contributed by atoms with Gasteiger partial charge in [-0.15, -0.1) is 12.4 Å². The molecule has 0 spiro atoms. The maximum Gasteiger partial charge on any atom is 0.417 e. The average molecular weight is 227 g/mol. The Morgan fingerprint density at radius 1 is 1.21 bits per heavy atom. The summed E-state index contributed by atoms with van der Waals surface area (Å²) in [6.07, 6.45) is -4.62. The molecule has 2 nitrogen and oxygen atoms in total. The van der Waals surface area contributed by atoms with Crippen molar-refractivity contribution >= 4 is 18.4 Å². The number of hydrogen-bond donors (Lipinski definition) is 1. The molecular formula is C8H6ClF3O2. The van der Waals surface area contributed by atoms with Gasteiger partial charge in [-0.25, -0.2) is 4.79 Å². The predicted octanol–water partition coefficient (Wildman–Crippen LogP) is 2.83. The molecule has 0 aliphatic heterocycles. The summed E-state index contributed by atoms with van der Waals surface area (Å²) in [6.45, 7) is 0. The van der Waals surface area contributed by atoms with Crippen LogP contribution in [0.25, 0.3) is 0 Å².